The summed E-state index contributed by atoms with van der Waals surface area (Å²) in [6.45, 7) is 0. The van der Waals surface area contributed by atoms with Crippen LogP contribution in [-0.2, 0) is 0 Å². The van der Waals surface area contributed by atoms with E-state index >= 15 is 0 Å². The summed E-state index contributed by atoms with van der Waals surface area (Å²) in [7, 11) is 0. The minimum atomic E-state index is 1.06. The van der Waals surface area contributed by atoms with Gasteiger partial charge in [-0.2, -0.15) is 0 Å². The Labute approximate surface area is 512 Å². The fourth-order valence-corrected chi connectivity index (χ4v) is 13.1. The average Bonchev–Trinajstić information content (AvgIpc) is 1.86. The van der Waals surface area contributed by atoms with Crippen molar-refractivity contribution in [2.24, 2.45) is 0 Å². The van der Waals surface area contributed by atoms with Crippen LogP contribution in [0.15, 0.2) is 352 Å². The van der Waals surface area contributed by atoms with Crippen LogP contribution >= 0.6 is 0 Å². The number of para-hydroxylation sites is 2. The Morgan fingerprint density at radius 3 is 0.750 bits per heavy atom. The first kappa shape index (κ1) is 51.9. The van der Waals surface area contributed by atoms with E-state index in [-0.39, 0.29) is 0 Å². The van der Waals surface area contributed by atoms with Gasteiger partial charge < -0.3 is 19.6 Å². The van der Waals surface area contributed by atoms with Crippen molar-refractivity contribution in [1.29, 1.82) is 0 Å². The second-order valence-electron chi connectivity index (χ2n) is 22.5. The molecule has 0 atom stereocenters. The van der Waals surface area contributed by atoms with E-state index in [1.807, 2.05) is 0 Å². The summed E-state index contributed by atoms with van der Waals surface area (Å²) in [6, 6.07) is 128. The lowest BCUT2D eigenvalue weighted by atomic mass is 9.98. The largest absolute Gasteiger partial charge is 0.310 e. The Kier molecular flexibility index (Phi) is 13.2. The van der Waals surface area contributed by atoms with Crippen molar-refractivity contribution < 1.29 is 0 Å². The van der Waals surface area contributed by atoms with Crippen LogP contribution < -0.4 is 19.6 Å². The van der Waals surface area contributed by atoms with Crippen LogP contribution in [0.25, 0.3) is 75.8 Å². The number of hydrogen-bond acceptors (Lipinski definition) is 4. The quantitative estimate of drug-likeness (QED) is 0.107. The molecule has 414 valence electrons. The SMILES string of the molecule is c1ccc(N(c2ccc(N(c3ccc(-c4ccc(N(c5ccc(N(c6ccccc6)c6ccc7ccccc7c6)cc5)c5cc6ccccc6c6ccccc56)cc4)cc3)c3cc4ccccc4c4ccccc34)cc2)c2ccc3ccccc3c2)cc1. The molecule has 0 amide bonds. The number of nitrogens with zero attached hydrogens (tertiary/aromatic N) is 4. The number of rotatable bonds is 13. The molecule has 0 radical (unpaired) electrons. The van der Waals surface area contributed by atoms with Crippen LogP contribution in [0.3, 0.4) is 0 Å². The van der Waals surface area contributed by atoms with Gasteiger partial charge in [0.15, 0.2) is 0 Å². The van der Waals surface area contributed by atoms with Gasteiger partial charge in [-0.15, -0.1) is 0 Å². The highest BCUT2D eigenvalue weighted by Crippen LogP contribution is 2.47. The van der Waals surface area contributed by atoms with E-state index in [1.54, 1.807) is 0 Å². The summed E-state index contributed by atoms with van der Waals surface area (Å²) in [6.07, 6.45) is 0. The Morgan fingerprint density at radius 2 is 0.386 bits per heavy atom. The molecule has 0 aromatic heterocycles. The molecule has 4 nitrogen and oxygen atoms in total. The van der Waals surface area contributed by atoms with Gasteiger partial charge in [0, 0.05) is 67.6 Å². The summed E-state index contributed by atoms with van der Waals surface area (Å²) in [4.78, 5) is 9.54. The highest BCUT2D eigenvalue weighted by molar-refractivity contribution is 6.16. The Balaban J connectivity index is 0.782. The van der Waals surface area contributed by atoms with Crippen molar-refractivity contribution in [3.05, 3.63) is 352 Å². The van der Waals surface area contributed by atoms with E-state index < -0.39 is 0 Å². The minimum Gasteiger partial charge on any atom is -0.310 e. The predicted octanol–water partition coefficient (Wildman–Crippen LogP) is 24.2. The van der Waals surface area contributed by atoms with Crippen molar-refractivity contribution in [1.82, 2.24) is 0 Å². The normalized spacial score (nSPS) is 11.4. The highest BCUT2D eigenvalue weighted by atomic mass is 15.2. The molecule has 16 aromatic rings. The highest BCUT2D eigenvalue weighted by Gasteiger charge is 2.22. The summed E-state index contributed by atoms with van der Waals surface area (Å²) in [5.74, 6) is 0. The van der Waals surface area contributed by atoms with E-state index in [2.05, 4.69) is 371 Å². The van der Waals surface area contributed by atoms with Crippen molar-refractivity contribution in [3.8, 4) is 11.1 Å². The third kappa shape index (κ3) is 9.56. The molecule has 0 heterocycles. The van der Waals surface area contributed by atoms with Crippen molar-refractivity contribution in [3.63, 3.8) is 0 Å². The molecule has 0 aliphatic carbocycles. The van der Waals surface area contributed by atoms with Crippen LogP contribution in [0.5, 0.6) is 0 Å². The van der Waals surface area contributed by atoms with Gasteiger partial charge in [-0.1, -0.05) is 218 Å². The zero-order valence-electron chi connectivity index (χ0n) is 48.3. The fourth-order valence-electron chi connectivity index (χ4n) is 13.1. The molecule has 0 spiro atoms. The van der Waals surface area contributed by atoms with Crippen molar-refractivity contribution >= 4 is 133 Å². The Morgan fingerprint density at radius 1 is 0.136 bits per heavy atom. The number of benzene rings is 16. The van der Waals surface area contributed by atoms with Crippen LogP contribution in [0.2, 0.25) is 0 Å². The van der Waals surface area contributed by atoms with Crippen molar-refractivity contribution in [2.75, 3.05) is 19.6 Å². The summed E-state index contributed by atoms with van der Waals surface area (Å²) < 4.78 is 0. The van der Waals surface area contributed by atoms with Gasteiger partial charge in [-0.25, -0.2) is 0 Å². The van der Waals surface area contributed by atoms with Crippen LogP contribution in [-0.4, -0.2) is 0 Å². The second-order valence-corrected chi connectivity index (χ2v) is 22.5. The molecule has 0 saturated carbocycles. The second kappa shape index (κ2) is 22.4. The van der Waals surface area contributed by atoms with Gasteiger partial charge in [0.1, 0.15) is 0 Å². The maximum atomic E-state index is 2.42. The Hall–Kier alpha value is -11.7. The first-order chi connectivity index (χ1) is 43.6. The van der Waals surface area contributed by atoms with Crippen LogP contribution in [0.1, 0.15) is 0 Å². The van der Waals surface area contributed by atoms with Gasteiger partial charge >= 0.3 is 0 Å². The zero-order chi connectivity index (χ0) is 58.3. The smallest absolute Gasteiger partial charge is 0.0546 e. The molecule has 16 rings (SSSR count). The number of anilines is 12. The molecular weight excluding hydrogens is 1060 g/mol. The minimum absolute atomic E-state index is 1.06. The summed E-state index contributed by atoms with van der Waals surface area (Å²) >= 11 is 0. The van der Waals surface area contributed by atoms with E-state index in [0.29, 0.717) is 0 Å². The lowest BCUT2D eigenvalue weighted by Crippen LogP contribution is -2.12. The number of fused-ring (bicyclic) bond motifs is 8. The molecule has 0 aliphatic rings. The third-order valence-electron chi connectivity index (χ3n) is 17.3. The fraction of sp³-hybridized carbons (Fsp3) is 0. The van der Waals surface area contributed by atoms with Gasteiger partial charge in [0.2, 0.25) is 0 Å². The van der Waals surface area contributed by atoms with Crippen molar-refractivity contribution in [2.45, 2.75) is 0 Å². The molecule has 0 fully saturated rings. The van der Waals surface area contributed by atoms with Gasteiger partial charge in [0.05, 0.1) is 11.4 Å². The monoisotopic (exact) mass is 1120 g/mol. The molecular formula is C84H58N4. The van der Waals surface area contributed by atoms with E-state index in [0.717, 1.165) is 79.4 Å². The lowest BCUT2D eigenvalue weighted by Gasteiger charge is -2.30. The predicted molar refractivity (Wildman–Crippen MR) is 376 cm³/mol. The third-order valence-corrected chi connectivity index (χ3v) is 17.3. The standard InChI is InChI=1S/C84H58N4/c1-3-25-67(26-4-1)85(75-45-39-59-19-7-9-21-63(59)55-75)69-47-51-73(52-48-69)87(83-57-65-23-11-13-29-77(65)79-31-15-17-33-81(79)83)71-41-35-61(36-42-71)62-37-43-72(44-38-62)88(84-58-66-24-12-14-30-78(66)80-32-16-18-34-82(80)84)74-53-49-70(50-54-74)86(68-27-5-2-6-28-68)76-46-40-60-20-8-10-22-64(60)56-76/h1-58H. The maximum Gasteiger partial charge on any atom is 0.0546 e. The molecule has 16 aromatic carbocycles. The van der Waals surface area contributed by atoms with E-state index in [4.69, 9.17) is 0 Å². The summed E-state index contributed by atoms with van der Waals surface area (Å²) in [5, 5.41) is 14.5. The first-order valence-electron chi connectivity index (χ1n) is 30.1. The molecule has 0 unspecified atom stereocenters. The molecule has 0 bridgehead atoms. The number of hydrogen-bond donors (Lipinski definition) is 0. The summed E-state index contributed by atoms with van der Waals surface area (Å²) in [5.41, 5.74) is 15.3. The lowest BCUT2D eigenvalue weighted by molar-refractivity contribution is 1.26. The van der Waals surface area contributed by atoms with E-state index in [1.165, 1.54) is 64.6 Å². The van der Waals surface area contributed by atoms with Crippen LogP contribution in [0.4, 0.5) is 68.2 Å². The first-order valence-corrected chi connectivity index (χ1v) is 30.1. The topological polar surface area (TPSA) is 13.0 Å². The molecule has 0 aliphatic heterocycles. The zero-order valence-corrected chi connectivity index (χ0v) is 48.3. The molecule has 88 heavy (non-hydrogen) atoms. The molecule has 0 saturated heterocycles. The maximum absolute atomic E-state index is 2.42. The van der Waals surface area contributed by atoms with E-state index in [9.17, 15) is 0 Å². The van der Waals surface area contributed by atoms with Gasteiger partial charge in [-0.3, -0.25) is 0 Å². The average molecular weight is 1120 g/mol. The van der Waals surface area contributed by atoms with Gasteiger partial charge in [-0.05, 0) is 198 Å². The van der Waals surface area contributed by atoms with Crippen LogP contribution in [0, 0.1) is 0 Å². The molecule has 4 heteroatoms. The van der Waals surface area contributed by atoms with Gasteiger partial charge in [0.25, 0.3) is 0 Å². The Bertz CT molecular complexity index is 4870. The molecule has 0 N–H and O–H groups in total.